The second-order valence-electron chi connectivity index (χ2n) is 5.69. The third-order valence-corrected chi connectivity index (χ3v) is 4.23. The number of ether oxygens (including phenoxy) is 2. The highest BCUT2D eigenvalue weighted by Gasteiger charge is 2.37. The topological polar surface area (TPSA) is 62.2 Å². The number of aliphatic hydroxyl groups is 1. The lowest BCUT2D eigenvalue weighted by Crippen LogP contribution is -2.39. The van der Waals surface area contributed by atoms with Gasteiger partial charge in [-0.1, -0.05) is 6.07 Å². The van der Waals surface area contributed by atoms with Gasteiger partial charge in [0.1, 0.15) is 0 Å². The summed E-state index contributed by atoms with van der Waals surface area (Å²) in [6.07, 6.45) is 0.765. The van der Waals surface area contributed by atoms with Crippen LogP contribution in [0.15, 0.2) is 18.2 Å². The van der Waals surface area contributed by atoms with Gasteiger partial charge in [-0.15, -0.1) is 0 Å². The highest BCUT2D eigenvalue weighted by Crippen LogP contribution is 2.33. The molecule has 1 aromatic carbocycles. The highest BCUT2D eigenvalue weighted by atomic mass is 16.5. The molecule has 2 rings (SSSR count). The fourth-order valence-electron chi connectivity index (χ4n) is 2.90. The minimum atomic E-state index is -0.171. The summed E-state index contributed by atoms with van der Waals surface area (Å²) in [6, 6.07) is 5.32. The van der Waals surface area contributed by atoms with Crippen LogP contribution in [-0.4, -0.2) is 74.4 Å². The zero-order valence-corrected chi connectivity index (χ0v) is 13.6. The Morgan fingerprint density at radius 1 is 1.36 bits per heavy atom. The number of hydrogen-bond acceptors (Lipinski definition) is 5. The molecule has 1 aliphatic heterocycles. The van der Waals surface area contributed by atoms with Crippen molar-refractivity contribution in [2.75, 3.05) is 41.5 Å². The van der Waals surface area contributed by atoms with Gasteiger partial charge in [0.25, 0.3) is 5.91 Å². The molecule has 0 spiro atoms. The predicted molar refractivity (Wildman–Crippen MR) is 83.5 cm³/mol. The monoisotopic (exact) mass is 308 g/mol. The molecule has 0 aromatic heterocycles. The second-order valence-corrected chi connectivity index (χ2v) is 5.69. The number of carbonyl (C=O) groups excluding carboxylic acids is 1. The highest BCUT2D eigenvalue weighted by molar-refractivity contribution is 5.98. The Hall–Kier alpha value is -1.79. The first-order valence-electron chi connectivity index (χ1n) is 7.32. The maximum Gasteiger partial charge on any atom is 0.258 e. The van der Waals surface area contributed by atoms with E-state index < -0.39 is 0 Å². The number of amides is 1. The van der Waals surface area contributed by atoms with Crippen LogP contribution in [0.1, 0.15) is 16.8 Å². The van der Waals surface area contributed by atoms with Gasteiger partial charge >= 0.3 is 0 Å². The standard InChI is InChI=1S/C16H24N2O4/c1-17(2)11-8-12(10-19)18(9-11)16(20)13-6-5-7-14(21-3)15(13)22-4/h5-7,11-12,19H,8-10H2,1-4H3/t11-,12+/m1/s1. The lowest BCUT2D eigenvalue weighted by atomic mass is 10.1. The van der Waals surface area contributed by atoms with Crippen molar-refractivity contribution in [1.82, 2.24) is 9.80 Å². The van der Waals surface area contributed by atoms with Crippen molar-refractivity contribution in [3.05, 3.63) is 23.8 Å². The number of likely N-dealkylation sites (N-methyl/N-ethyl adjacent to an activating group) is 1. The summed E-state index contributed by atoms with van der Waals surface area (Å²) in [6.45, 7) is 0.555. The van der Waals surface area contributed by atoms with E-state index in [-0.39, 0.29) is 24.6 Å². The summed E-state index contributed by atoms with van der Waals surface area (Å²) in [5, 5.41) is 9.59. The molecule has 2 atom stereocenters. The van der Waals surface area contributed by atoms with E-state index in [1.807, 2.05) is 14.1 Å². The number of rotatable bonds is 5. The van der Waals surface area contributed by atoms with Gasteiger partial charge in [-0.25, -0.2) is 0 Å². The first-order valence-corrected chi connectivity index (χ1v) is 7.32. The van der Waals surface area contributed by atoms with Crippen LogP contribution in [0.4, 0.5) is 0 Å². The Balaban J connectivity index is 2.31. The quantitative estimate of drug-likeness (QED) is 0.873. The third-order valence-electron chi connectivity index (χ3n) is 4.23. The molecule has 0 aliphatic carbocycles. The molecule has 1 amide bonds. The molecular weight excluding hydrogens is 284 g/mol. The van der Waals surface area contributed by atoms with Gasteiger partial charge in [0.15, 0.2) is 11.5 Å². The lowest BCUT2D eigenvalue weighted by molar-refractivity contribution is 0.0669. The molecule has 1 saturated heterocycles. The number of benzene rings is 1. The number of carbonyl (C=O) groups is 1. The molecule has 1 heterocycles. The first kappa shape index (κ1) is 16.6. The van der Waals surface area contributed by atoms with E-state index in [4.69, 9.17) is 9.47 Å². The van der Waals surface area contributed by atoms with E-state index in [0.29, 0.717) is 23.6 Å². The fraction of sp³-hybridized carbons (Fsp3) is 0.562. The van der Waals surface area contributed by atoms with Crippen LogP contribution in [0.2, 0.25) is 0 Å². The Morgan fingerprint density at radius 2 is 2.09 bits per heavy atom. The number of likely N-dealkylation sites (tertiary alicyclic amines) is 1. The molecule has 1 aliphatic rings. The van der Waals surface area contributed by atoms with Crippen molar-refractivity contribution in [2.45, 2.75) is 18.5 Å². The number of para-hydroxylation sites is 1. The minimum Gasteiger partial charge on any atom is -0.493 e. The van der Waals surface area contributed by atoms with E-state index in [2.05, 4.69) is 4.90 Å². The first-order chi connectivity index (χ1) is 10.5. The number of hydrogen-bond donors (Lipinski definition) is 1. The zero-order valence-electron chi connectivity index (χ0n) is 13.6. The summed E-state index contributed by atoms with van der Waals surface area (Å²) < 4.78 is 10.6. The van der Waals surface area contributed by atoms with Crippen LogP contribution in [0.25, 0.3) is 0 Å². The smallest absolute Gasteiger partial charge is 0.258 e. The maximum absolute atomic E-state index is 12.9. The number of aliphatic hydroxyl groups excluding tert-OH is 1. The normalized spacial score (nSPS) is 21.3. The SMILES string of the molecule is COc1cccc(C(=O)N2C[C@H](N(C)C)C[C@H]2CO)c1OC. The van der Waals surface area contributed by atoms with Crippen LogP contribution in [-0.2, 0) is 0 Å². The van der Waals surface area contributed by atoms with E-state index in [1.54, 1.807) is 30.2 Å². The fourth-order valence-corrected chi connectivity index (χ4v) is 2.90. The number of nitrogens with zero attached hydrogens (tertiary/aromatic N) is 2. The van der Waals surface area contributed by atoms with Gasteiger partial charge in [0.2, 0.25) is 0 Å². The van der Waals surface area contributed by atoms with Crippen LogP contribution in [0.3, 0.4) is 0 Å². The van der Waals surface area contributed by atoms with Crippen molar-refractivity contribution < 1.29 is 19.4 Å². The molecule has 1 fully saturated rings. The van der Waals surface area contributed by atoms with Crippen LogP contribution in [0, 0.1) is 0 Å². The second kappa shape index (κ2) is 6.98. The Labute approximate surface area is 131 Å². The average molecular weight is 308 g/mol. The van der Waals surface area contributed by atoms with Crippen molar-refractivity contribution >= 4 is 5.91 Å². The van der Waals surface area contributed by atoms with Crippen LogP contribution < -0.4 is 9.47 Å². The molecule has 0 radical (unpaired) electrons. The van der Waals surface area contributed by atoms with Gasteiger partial charge in [0.05, 0.1) is 32.4 Å². The zero-order chi connectivity index (χ0) is 16.3. The molecule has 6 nitrogen and oxygen atoms in total. The maximum atomic E-state index is 12.9. The van der Waals surface area contributed by atoms with Gasteiger partial charge < -0.3 is 24.4 Å². The van der Waals surface area contributed by atoms with E-state index in [9.17, 15) is 9.90 Å². The molecule has 0 bridgehead atoms. The largest absolute Gasteiger partial charge is 0.493 e. The van der Waals surface area contributed by atoms with Crippen molar-refractivity contribution in [1.29, 1.82) is 0 Å². The van der Waals surface area contributed by atoms with Crippen LogP contribution >= 0.6 is 0 Å². The lowest BCUT2D eigenvalue weighted by Gasteiger charge is -2.24. The van der Waals surface area contributed by atoms with Crippen molar-refractivity contribution in [3.8, 4) is 11.5 Å². The predicted octanol–water partition coefficient (Wildman–Crippen LogP) is 0.841. The summed E-state index contributed by atoms with van der Waals surface area (Å²) in [4.78, 5) is 16.7. The molecule has 22 heavy (non-hydrogen) atoms. The minimum absolute atomic E-state index is 0.0393. The van der Waals surface area contributed by atoms with Crippen molar-refractivity contribution in [2.24, 2.45) is 0 Å². The summed E-state index contributed by atoms with van der Waals surface area (Å²) in [5.41, 5.74) is 0.458. The van der Waals surface area contributed by atoms with E-state index in [0.717, 1.165) is 6.42 Å². The summed E-state index contributed by atoms with van der Waals surface area (Å²) >= 11 is 0. The Bertz CT molecular complexity index is 533. The van der Waals surface area contributed by atoms with Crippen LogP contribution in [0.5, 0.6) is 11.5 Å². The van der Waals surface area contributed by atoms with Gasteiger partial charge in [-0.3, -0.25) is 4.79 Å². The van der Waals surface area contributed by atoms with Gasteiger partial charge in [-0.05, 0) is 32.6 Å². The molecule has 122 valence electrons. The molecule has 1 aromatic rings. The number of methoxy groups -OCH3 is 2. The van der Waals surface area contributed by atoms with Gasteiger partial charge in [-0.2, -0.15) is 0 Å². The Morgan fingerprint density at radius 3 is 2.64 bits per heavy atom. The Kier molecular flexibility index (Phi) is 5.26. The molecule has 0 unspecified atom stereocenters. The van der Waals surface area contributed by atoms with Gasteiger partial charge in [0, 0.05) is 12.6 Å². The van der Waals surface area contributed by atoms with Crippen molar-refractivity contribution in [3.63, 3.8) is 0 Å². The molecule has 0 saturated carbocycles. The molecule has 6 heteroatoms. The molecular formula is C16H24N2O4. The summed E-state index contributed by atoms with van der Waals surface area (Å²) in [5.74, 6) is 0.816. The molecule has 1 N–H and O–H groups in total. The third kappa shape index (κ3) is 3.03. The van der Waals surface area contributed by atoms with E-state index >= 15 is 0 Å². The average Bonchev–Trinajstić information content (AvgIpc) is 2.97. The van der Waals surface area contributed by atoms with E-state index in [1.165, 1.54) is 7.11 Å². The summed E-state index contributed by atoms with van der Waals surface area (Å²) in [7, 11) is 7.03.